The van der Waals surface area contributed by atoms with E-state index in [1.165, 1.54) is 11.8 Å². The van der Waals surface area contributed by atoms with E-state index in [0.29, 0.717) is 11.6 Å². The Morgan fingerprint density at radius 2 is 2.13 bits per heavy atom. The fourth-order valence-electron chi connectivity index (χ4n) is 3.95. The summed E-state index contributed by atoms with van der Waals surface area (Å²) in [4.78, 5) is 13.7. The van der Waals surface area contributed by atoms with Crippen molar-refractivity contribution < 1.29 is 14.7 Å². The van der Waals surface area contributed by atoms with Crippen molar-refractivity contribution in [3.8, 4) is 5.75 Å². The van der Waals surface area contributed by atoms with Crippen LogP contribution in [0.3, 0.4) is 0 Å². The molecular weight excluding hydrogens is 400 g/mol. The average Bonchev–Trinajstić information content (AvgIpc) is 2.73. The van der Waals surface area contributed by atoms with E-state index in [1.54, 1.807) is 7.11 Å². The number of nitrogens with zero attached hydrogens (tertiary/aromatic N) is 3. The molecule has 2 aliphatic rings. The number of carbonyl (C=O) groups is 1. The van der Waals surface area contributed by atoms with Crippen LogP contribution >= 0.6 is 11.8 Å². The number of methoxy groups -OCH3 is 1. The van der Waals surface area contributed by atoms with Gasteiger partial charge in [0, 0.05) is 17.8 Å². The number of hydrogen-bond acceptors (Lipinski definition) is 6. The number of oxime groups is 1. The van der Waals surface area contributed by atoms with Crippen LogP contribution in [0.2, 0.25) is 0 Å². The first-order chi connectivity index (χ1) is 14.4. The molecule has 156 valence electrons. The Balaban J connectivity index is 1.71. The summed E-state index contributed by atoms with van der Waals surface area (Å²) in [6, 6.07) is 13.7. The molecule has 0 bridgehead atoms. The lowest BCUT2D eigenvalue weighted by molar-refractivity contribution is 0.260. The topological polar surface area (TPSA) is 86.5 Å². The molecule has 0 radical (unpaired) electrons. The first kappa shape index (κ1) is 20.3. The van der Waals surface area contributed by atoms with E-state index in [1.807, 2.05) is 55.1 Å². The molecule has 0 saturated carbocycles. The summed E-state index contributed by atoms with van der Waals surface area (Å²) < 4.78 is 4.90. The first-order valence-electron chi connectivity index (χ1n) is 9.77. The van der Waals surface area contributed by atoms with Gasteiger partial charge in [0.15, 0.2) is 5.84 Å². The molecule has 2 heterocycles. The second-order valence-corrected chi connectivity index (χ2v) is 9.32. The fraction of sp³-hybridized carbons (Fsp3) is 0.318. The Morgan fingerprint density at radius 1 is 1.30 bits per heavy atom. The van der Waals surface area contributed by atoms with Gasteiger partial charge in [0.1, 0.15) is 5.75 Å². The number of nitrogens with one attached hydrogen (secondary N) is 1. The van der Waals surface area contributed by atoms with Crippen molar-refractivity contribution >= 4 is 34.2 Å². The number of carbonyl (C=O) groups excluding carboxylic acids is 1. The van der Waals surface area contributed by atoms with Gasteiger partial charge in [-0.25, -0.2) is 5.43 Å². The van der Waals surface area contributed by atoms with Crippen LogP contribution < -0.4 is 15.1 Å². The van der Waals surface area contributed by atoms with Crippen molar-refractivity contribution in [1.29, 1.82) is 0 Å². The molecule has 7 nitrogen and oxygen atoms in total. The Kier molecular flexibility index (Phi) is 5.42. The minimum absolute atomic E-state index is 0.144. The number of fused-ring (bicyclic) bond motifs is 1. The zero-order chi connectivity index (χ0) is 21.3. The second kappa shape index (κ2) is 8.02. The van der Waals surface area contributed by atoms with Crippen molar-refractivity contribution in [2.24, 2.45) is 10.3 Å². The molecule has 4 rings (SSSR count). The summed E-state index contributed by atoms with van der Waals surface area (Å²) in [6.45, 7) is 4.75. The number of ether oxygens (including phenoxy) is 1. The molecule has 2 aromatic rings. The van der Waals surface area contributed by atoms with E-state index in [0.717, 1.165) is 47.5 Å². The molecule has 0 spiro atoms. The number of amides is 1. The predicted octanol–water partition coefficient (Wildman–Crippen LogP) is 4.22. The minimum Gasteiger partial charge on any atom is -0.497 e. The number of benzene rings is 2. The summed E-state index contributed by atoms with van der Waals surface area (Å²) >= 11 is 1.24. The molecule has 1 amide bonds. The molecule has 0 aromatic heterocycles. The van der Waals surface area contributed by atoms with Gasteiger partial charge in [0.25, 0.3) is 5.24 Å². The number of anilines is 1. The third-order valence-electron chi connectivity index (χ3n) is 5.33. The lowest BCUT2D eigenvalue weighted by atomic mass is 9.93. The minimum atomic E-state index is -0.413. The maximum atomic E-state index is 11.7. The number of hydrogen-bond donors (Lipinski definition) is 2. The summed E-state index contributed by atoms with van der Waals surface area (Å²) in [7, 11) is 1.61. The molecule has 0 fully saturated rings. The number of aryl methyl sites for hydroxylation is 1. The van der Waals surface area contributed by atoms with Crippen LogP contribution in [0.15, 0.2) is 52.7 Å². The van der Waals surface area contributed by atoms with Gasteiger partial charge in [-0.2, -0.15) is 5.10 Å². The van der Waals surface area contributed by atoms with Gasteiger partial charge < -0.3 is 14.8 Å². The standard InChI is InChI=1S/C22H24N4O3S/c1-22(2)19(23-24-21(27)30-22)15-9-10-18-14(12-15)7-5-11-26(18)20(25-28)16-6-4-8-17(13-16)29-3/h4,6,8-10,12-13,28H,5,7,11H2,1-3H3,(H,24,27). The molecule has 2 aromatic carbocycles. The summed E-state index contributed by atoms with van der Waals surface area (Å²) in [5, 5.41) is 17.6. The van der Waals surface area contributed by atoms with Crippen LogP contribution in [-0.2, 0) is 6.42 Å². The SMILES string of the molecule is COc1cccc(C(=NO)N2CCCc3cc(C4=NNC(=O)SC4(C)C)ccc32)c1. The summed E-state index contributed by atoms with van der Waals surface area (Å²) in [6.07, 6.45) is 1.85. The predicted molar refractivity (Wildman–Crippen MR) is 120 cm³/mol. The summed E-state index contributed by atoms with van der Waals surface area (Å²) in [5.74, 6) is 1.19. The molecule has 0 atom stereocenters. The highest BCUT2D eigenvalue weighted by atomic mass is 32.2. The Bertz CT molecular complexity index is 1050. The van der Waals surface area contributed by atoms with E-state index >= 15 is 0 Å². The van der Waals surface area contributed by atoms with Crippen molar-refractivity contribution in [2.45, 2.75) is 31.4 Å². The molecule has 0 saturated heterocycles. The fourth-order valence-corrected chi connectivity index (χ4v) is 4.76. The smallest absolute Gasteiger partial charge is 0.300 e. The number of amidine groups is 1. The van der Waals surface area contributed by atoms with Gasteiger partial charge in [0.2, 0.25) is 0 Å². The largest absolute Gasteiger partial charge is 0.497 e. The van der Waals surface area contributed by atoms with Gasteiger partial charge >= 0.3 is 0 Å². The third-order valence-corrected chi connectivity index (χ3v) is 6.31. The molecule has 2 aliphatic heterocycles. The Labute approximate surface area is 179 Å². The second-order valence-electron chi connectivity index (χ2n) is 7.73. The lowest BCUT2D eigenvalue weighted by Gasteiger charge is -2.33. The maximum absolute atomic E-state index is 11.7. The van der Waals surface area contributed by atoms with Crippen molar-refractivity contribution in [3.63, 3.8) is 0 Å². The van der Waals surface area contributed by atoms with Crippen LogP contribution in [0.5, 0.6) is 5.75 Å². The maximum Gasteiger partial charge on any atom is 0.300 e. The molecule has 2 N–H and O–H groups in total. The van der Waals surface area contributed by atoms with Gasteiger partial charge in [-0.1, -0.05) is 35.1 Å². The monoisotopic (exact) mass is 424 g/mol. The quantitative estimate of drug-likeness (QED) is 0.333. The van der Waals surface area contributed by atoms with Crippen LogP contribution in [-0.4, -0.2) is 40.4 Å². The number of rotatable bonds is 3. The molecule has 30 heavy (non-hydrogen) atoms. The van der Waals surface area contributed by atoms with Crippen molar-refractivity contribution in [1.82, 2.24) is 5.43 Å². The van der Waals surface area contributed by atoms with Gasteiger partial charge in [0.05, 0.1) is 17.6 Å². The van der Waals surface area contributed by atoms with Crippen molar-refractivity contribution in [2.75, 3.05) is 18.6 Å². The van der Waals surface area contributed by atoms with Gasteiger partial charge in [-0.3, -0.25) is 4.79 Å². The molecule has 0 aliphatic carbocycles. The van der Waals surface area contributed by atoms with Gasteiger partial charge in [-0.15, -0.1) is 0 Å². The highest BCUT2D eigenvalue weighted by Crippen LogP contribution is 2.35. The van der Waals surface area contributed by atoms with Crippen LogP contribution in [0.1, 0.15) is 37.0 Å². The highest BCUT2D eigenvalue weighted by Gasteiger charge is 2.34. The first-order valence-corrected chi connectivity index (χ1v) is 10.6. The average molecular weight is 425 g/mol. The van der Waals surface area contributed by atoms with E-state index in [2.05, 4.69) is 21.7 Å². The highest BCUT2D eigenvalue weighted by molar-refractivity contribution is 8.15. The normalized spacial score (nSPS) is 18.4. The third kappa shape index (κ3) is 3.75. The summed E-state index contributed by atoms with van der Waals surface area (Å²) in [5.41, 5.74) is 7.34. The van der Waals surface area contributed by atoms with Gasteiger partial charge in [-0.05, 0) is 62.1 Å². The van der Waals surface area contributed by atoms with E-state index in [4.69, 9.17) is 4.74 Å². The number of thioether (sulfide) groups is 1. The van der Waals surface area contributed by atoms with Crippen LogP contribution in [0.4, 0.5) is 10.5 Å². The number of hydrazone groups is 1. The van der Waals surface area contributed by atoms with Crippen LogP contribution in [0, 0.1) is 0 Å². The Morgan fingerprint density at radius 3 is 2.87 bits per heavy atom. The molecule has 0 unspecified atom stereocenters. The van der Waals surface area contributed by atoms with E-state index < -0.39 is 4.75 Å². The Hall–Kier alpha value is -3.00. The lowest BCUT2D eigenvalue weighted by Crippen LogP contribution is -2.39. The van der Waals surface area contributed by atoms with Crippen LogP contribution in [0.25, 0.3) is 0 Å². The zero-order valence-electron chi connectivity index (χ0n) is 17.2. The van der Waals surface area contributed by atoms with Crippen molar-refractivity contribution in [3.05, 3.63) is 59.2 Å². The molecule has 8 heteroatoms. The van der Waals surface area contributed by atoms with E-state index in [-0.39, 0.29) is 5.24 Å². The molecular formula is C22H24N4O3S. The van der Waals surface area contributed by atoms with E-state index in [9.17, 15) is 10.0 Å². The zero-order valence-corrected chi connectivity index (χ0v) is 18.0.